The van der Waals surface area contributed by atoms with Gasteiger partial charge in [0.25, 0.3) is 5.91 Å². The molecule has 126 valence electrons. The third kappa shape index (κ3) is 5.51. The van der Waals surface area contributed by atoms with Gasteiger partial charge in [-0.05, 0) is 12.5 Å². The second-order valence-electron chi connectivity index (χ2n) is 5.05. The molecule has 2 rings (SSSR count). The Labute approximate surface area is 144 Å². The molecule has 7 heteroatoms. The van der Waals surface area contributed by atoms with Gasteiger partial charge in [0.1, 0.15) is 0 Å². The number of ether oxygens (including phenoxy) is 1. The van der Waals surface area contributed by atoms with Crippen LogP contribution in [0.4, 0.5) is 5.13 Å². The van der Waals surface area contributed by atoms with Gasteiger partial charge in [-0.15, -0.1) is 17.9 Å². The van der Waals surface area contributed by atoms with Crippen LogP contribution in [0.1, 0.15) is 21.6 Å². The van der Waals surface area contributed by atoms with E-state index in [0.717, 1.165) is 11.1 Å². The minimum absolute atomic E-state index is 0.179. The molecule has 0 aliphatic carbocycles. The van der Waals surface area contributed by atoms with E-state index >= 15 is 0 Å². The zero-order chi connectivity index (χ0) is 17.4. The summed E-state index contributed by atoms with van der Waals surface area (Å²) in [5.74, 6) is -0.979. The number of aryl methyl sites for hydroxylation is 1. The van der Waals surface area contributed by atoms with Gasteiger partial charge < -0.3 is 15.4 Å². The Hall–Kier alpha value is -2.67. The first-order chi connectivity index (χ1) is 11.6. The molecule has 1 aromatic carbocycles. The normalized spacial score (nSPS) is 10.0. The van der Waals surface area contributed by atoms with Crippen LogP contribution in [-0.4, -0.2) is 30.0 Å². The van der Waals surface area contributed by atoms with Crippen molar-refractivity contribution in [1.29, 1.82) is 0 Å². The Morgan fingerprint density at radius 2 is 2.08 bits per heavy atom. The monoisotopic (exact) mass is 345 g/mol. The van der Waals surface area contributed by atoms with Crippen molar-refractivity contribution in [3.63, 3.8) is 0 Å². The van der Waals surface area contributed by atoms with Gasteiger partial charge in [0.05, 0.1) is 0 Å². The quantitative estimate of drug-likeness (QED) is 0.568. The van der Waals surface area contributed by atoms with E-state index in [1.54, 1.807) is 11.5 Å². The molecule has 0 atom stereocenters. The summed E-state index contributed by atoms with van der Waals surface area (Å²) in [6.07, 6.45) is 1.69. The van der Waals surface area contributed by atoms with Crippen molar-refractivity contribution in [2.75, 3.05) is 18.5 Å². The van der Waals surface area contributed by atoms with Crippen LogP contribution in [-0.2, 0) is 16.1 Å². The summed E-state index contributed by atoms with van der Waals surface area (Å²) in [5, 5.41) is 7.86. The predicted molar refractivity (Wildman–Crippen MR) is 94.1 cm³/mol. The Bertz CT molecular complexity index is 710. The molecule has 0 radical (unpaired) electrons. The van der Waals surface area contributed by atoms with E-state index < -0.39 is 5.97 Å². The zero-order valence-electron chi connectivity index (χ0n) is 13.4. The average molecular weight is 345 g/mol. The number of amides is 1. The number of aromatic nitrogens is 1. The molecule has 2 N–H and O–H groups in total. The van der Waals surface area contributed by atoms with Gasteiger partial charge in [-0.1, -0.05) is 35.9 Å². The maximum atomic E-state index is 11.8. The van der Waals surface area contributed by atoms with Crippen LogP contribution in [0.25, 0.3) is 0 Å². The van der Waals surface area contributed by atoms with Gasteiger partial charge in [0.2, 0.25) is 0 Å². The van der Waals surface area contributed by atoms with Crippen molar-refractivity contribution in [1.82, 2.24) is 10.3 Å². The summed E-state index contributed by atoms with van der Waals surface area (Å²) >= 11 is 1.29. The second-order valence-corrected chi connectivity index (χ2v) is 5.90. The molecular weight excluding hydrogens is 326 g/mol. The third-order valence-electron chi connectivity index (χ3n) is 3.06. The summed E-state index contributed by atoms with van der Waals surface area (Å²) in [7, 11) is 0. The van der Waals surface area contributed by atoms with Crippen LogP contribution in [0, 0.1) is 6.92 Å². The number of hydrogen-bond acceptors (Lipinski definition) is 6. The highest BCUT2D eigenvalue weighted by Gasteiger charge is 2.13. The highest BCUT2D eigenvalue weighted by molar-refractivity contribution is 7.13. The molecule has 0 saturated heterocycles. The number of anilines is 1. The van der Waals surface area contributed by atoms with E-state index in [0.29, 0.717) is 18.2 Å². The molecule has 0 spiro atoms. The first kappa shape index (κ1) is 17.7. The smallest absolute Gasteiger partial charge is 0.358 e. The molecule has 0 bridgehead atoms. The highest BCUT2D eigenvalue weighted by Crippen LogP contribution is 2.15. The molecule has 1 heterocycles. The molecule has 1 amide bonds. The van der Waals surface area contributed by atoms with E-state index in [2.05, 4.69) is 22.2 Å². The van der Waals surface area contributed by atoms with E-state index in [1.165, 1.54) is 11.3 Å². The first-order valence-corrected chi connectivity index (χ1v) is 8.26. The summed E-state index contributed by atoms with van der Waals surface area (Å²) in [4.78, 5) is 27.7. The lowest BCUT2D eigenvalue weighted by Crippen LogP contribution is -2.28. The average Bonchev–Trinajstić information content (AvgIpc) is 3.06. The molecule has 0 fully saturated rings. The molecule has 0 unspecified atom stereocenters. The molecule has 0 aliphatic heterocycles. The fourth-order valence-electron chi connectivity index (χ4n) is 1.77. The highest BCUT2D eigenvalue weighted by atomic mass is 32.1. The van der Waals surface area contributed by atoms with E-state index in [1.807, 2.05) is 31.2 Å². The number of hydrogen-bond donors (Lipinski definition) is 2. The SMILES string of the molecule is C=CCNc1nc(C(=O)OCC(=O)NCc2ccc(C)cc2)cs1. The number of nitrogens with one attached hydrogen (secondary N) is 2. The fraction of sp³-hybridized carbons (Fsp3) is 0.235. The largest absolute Gasteiger partial charge is 0.451 e. The Kier molecular flexibility index (Phi) is 6.51. The molecule has 0 saturated carbocycles. The Morgan fingerprint density at radius 3 is 2.79 bits per heavy atom. The van der Waals surface area contributed by atoms with Crippen molar-refractivity contribution in [3.05, 3.63) is 59.1 Å². The number of carbonyl (C=O) groups excluding carboxylic acids is 2. The van der Waals surface area contributed by atoms with Crippen LogP contribution < -0.4 is 10.6 Å². The lowest BCUT2D eigenvalue weighted by Gasteiger charge is -2.06. The van der Waals surface area contributed by atoms with Crippen LogP contribution >= 0.6 is 11.3 Å². The van der Waals surface area contributed by atoms with Gasteiger partial charge in [0, 0.05) is 18.5 Å². The van der Waals surface area contributed by atoms with Crippen LogP contribution in [0.3, 0.4) is 0 Å². The third-order valence-corrected chi connectivity index (χ3v) is 3.86. The molecule has 1 aromatic heterocycles. The maximum absolute atomic E-state index is 11.8. The maximum Gasteiger partial charge on any atom is 0.358 e. The van der Waals surface area contributed by atoms with E-state index in [9.17, 15) is 9.59 Å². The van der Waals surface area contributed by atoms with Crippen molar-refractivity contribution < 1.29 is 14.3 Å². The number of esters is 1. The van der Waals surface area contributed by atoms with Crippen LogP contribution in [0.15, 0.2) is 42.3 Å². The second kappa shape index (κ2) is 8.83. The van der Waals surface area contributed by atoms with Crippen LogP contribution in [0.5, 0.6) is 0 Å². The lowest BCUT2D eigenvalue weighted by molar-refractivity contribution is -0.124. The van der Waals surface area contributed by atoms with Crippen molar-refractivity contribution >= 4 is 28.3 Å². The molecule has 0 aliphatic rings. The van der Waals surface area contributed by atoms with Crippen LogP contribution in [0.2, 0.25) is 0 Å². The van der Waals surface area contributed by atoms with Crippen molar-refractivity contribution in [2.45, 2.75) is 13.5 Å². The first-order valence-electron chi connectivity index (χ1n) is 7.38. The van der Waals surface area contributed by atoms with Gasteiger partial charge in [0.15, 0.2) is 17.4 Å². The predicted octanol–water partition coefficient (Wildman–Crippen LogP) is 2.52. The number of carbonyl (C=O) groups is 2. The summed E-state index contributed by atoms with van der Waals surface area (Å²) in [6.45, 7) is 6.20. The zero-order valence-corrected chi connectivity index (χ0v) is 14.2. The number of nitrogens with zero attached hydrogens (tertiary/aromatic N) is 1. The minimum atomic E-state index is -0.622. The van der Waals surface area contributed by atoms with Gasteiger partial charge in [-0.25, -0.2) is 9.78 Å². The summed E-state index contributed by atoms with van der Waals surface area (Å²) in [5.41, 5.74) is 2.32. The van der Waals surface area contributed by atoms with Gasteiger partial charge in [-0.2, -0.15) is 0 Å². The van der Waals surface area contributed by atoms with Gasteiger partial charge >= 0.3 is 5.97 Å². The fourth-order valence-corrected chi connectivity index (χ4v) is 2.46. The van der Waals surface area contributed by atoms with E-state index in [4.69, 9.17) is 4.74 Å². The summed E-state index contributed by atoms with van der Waals surface area (Å²) < 4.78 is 4.96. The number of benzene rings is 1. The lowest BCUT2D eigenvalue weighted by atomic mass is 10.1. The minimum Gasteiger partial charge on any atom is -0.451 e. The van der Waals surface area contributed by atoms with Crippen molar-refractivity contribution in [2.24, 2.45) is 0 Å². The van der Waals surface area contributed by atoms with Crippen molar-refractivity contribution in [3.8, 4) is 0 Å². The molecule has 24 heavy (non-hydrogen) atoms. The standard InChI is InChI=1S/C17H19N3O3S/c1-3-8-18-17-20-14(11-24-17)16(22)23-10-15(21)19-9-13-6-4-12(2)5-7-13/h3-7,11H,1,8-10H2,2H3,(H,18,20)(H,19,21). The molecular formula is C17H19N3O3S. The topological polar surface area (TPSA) is 80.3 Å². The molecule has 2 aromatic rings. The summed E-state index contributed by atoms with van der Waals surface area (Å²) in [6, 6.07) is 7.83. The Morgan fingerprint density at radius 1 is 1.33 bits per heavy atom. The molecule has 6 nitrogen and oxygen atoms in total. The van der Waals surface area contributed by atoms with Gasteiger partial charge in [-0.3, -0.25) is 4.79 Å². The number of rotatable bonds is 8. The number of thiazole rings is 1. The van der Waals surface area contributed by atoms with E-state index in [-0.39, 0.29) is 18.2 Å². The Balaban J connectivity index is 1.74.